The summed E-state index contributed by atoms with van der Waals surface area (Å²) in [5.41, 5.74) is 2.83. The summed E-state index contributed by atoms with van der Waals surface area (Å²) in [5.74, 6) is 0.903. The Balaban J connectivity index is 1.69. The molecule has 7 nitrogen and oxygen atoms in total. The van der Waals surface area contributed by atoms with Crippen molar-refractivity contribution >= 4 is 11.9 Å². The molecule has 0 bridgehead atoms. The molecule has 1 aromatic rings. The number of carbonyl (C=O) groups is 2. The van der Waals surface area contributed by atoms with Gasteiger partial charge in [0.05, 0.1) is 21.3 Å². The van der Waals surface area contributed by atoms with E-state index in [1.165, 1.54) is 13.5 Å². The molecule has 3 aliphatic rings. The number of nitrogens with zero attached hydrogens (tertiary/aromatic N) is 1. The highest BCUT2D eigenvalue weighted by atomic mass is 16.5. The Kier molecular flexibility index (Phi) is 7.04. The fourth-order valence-corrected chi connectivity index (χ4v) is 5.44. The van der Waals surface area contributed by atoms with E-state index in [1.807, 2.05) is 11.0 Å². The quantitative estimate of drug-likeness (QED) is 0.646. The van der Waals surface area contributed by atoms with Crippen LogP contribution in [0.5, 0.6) is 11.5 Å². The van der Waals surface area contributed by atoms with Crippen molar-refractivity contribution in [3.63, 3.8) is 0 Å². The molecule has 1 heterocycles. The summed E-state index contributed by atoms with van der Waals surface area (Å²) in [6.07, 6.45) is 9.10. The number of rotatable bonds is 7. The van der Waals surface area contributed by atoms with Gasteiger partial charge in [-0.05, 0) is 61.8 Å². The van der Waals surface area contributed by atoms with Crippen molar-refractivity contribution in [2.75, 3.05) is 21.3 Å². The molecule has 174 valence electrons. The fraction of sp³-hybridized carbons (Fsp3) is 0.600. The molecule has 1 aromatic carbocycles. The molecule has 2 atom stereocenters. The molecule has 0 spiro atoms. The molecule has 0 saturated heterocycles. The van der Waals surface area contributed by atoms with Crippen LogP contribution in [0.25, 0.3) is 0 Å². The molecule has 1 fully saturated rings. The summed E-state index contributed by atoms with van der Waals surface area (Å²) in [6.45, 7) is 0. The van der Waals surface area contributed by atoms with E-state index < -0.39 is 12.0 Å². The normalized spacial score (nSPS) is 22.5. The molecule has 4 rings (SSSR count). The van der Waals surface area contributed by atoms with Crippen molar-refractivity contribution < 1.29 is 23.8 Å². The van der Waals surface area contributed by atoms with Gasteiger partial charge in [0.15, 0.2) is 11.5 Å². The SMILES string of the molecule is COC(=O)C(NC1C2=C(CCCC2)C(=O)N1C1CCCCC1)c1ccc(OC)c(OC)c1. The average Bonchev–Trinajstić information content (AvgIpc) is 3.13. The van der Waals surface area contributed by atoms with E-state index in [0.717, 1.165) is 68.1 Å². The first-order chi connectivity index (χ1) is 15.6. The number of carbonyl (C=O) groups excluding carboxylic acids is 2. The number of amides is 1. The first kappa shape index (κ1) is 22.6. The fourth-order valence-electron chi connectivity index (χ4n) is 5.44. The van der Waals surface area contributed by atoms with Gasteiger partial charge in [0, 0.05) is 11.6 Å². The van der Waals surface area contributed by atoms with Gasteiger partial charge < -0.3 is 19.1 Å². The molecule has 2 aliphatic carbocycles. The molecular weight excluding hydrogens is 408 g/mol. The molecule has 0 radical (unpaired) electrons. The standard InChI is InChI=1S/C25H34N2O5/c1-30-20-14-13-16(15-21(20)31-2)22(25(29)32-3)26-23-18-11-7-8-12-19(18)24(28)27(23)17-9-5-4-6-10-17/h13-15,17,22-23,26H,4-12H2,1-3H3. The van der Waals surface area contributed by atoms with Gasteiger partial charge in [-0.25, -0.2) is 4.79 Å². The van der Waals surface area contributed by atoms with Crippen molar-refractivity contribution in [1.82, 2.24) is 10.2 Å². The minimum atomic E-state index is -0.725. The van der Waals surface area contributed by atoms with Crippen LogP contribution in [0, 0.1) is 0 Å². The second-order valence-electron chi connectivity index (χ2n) is 8.85. The van der Waals surface area contributed by atoms with Crippen LogP contribution in [0.4, 0.5) is 0 Å². The molecule has 1 amide bonds. The zero-order valence-corrected chi connectivity index (χ0v) is 19.3. The Labute approximate surface area is 190 Å². The molecule has 7 heteroatoms. The van der Waals surface area contributed by atoms with E-state index in [1.54, 1.807) is 26.4 Å². The average molecular weight is 443 g/mol. The van der Waals surface area contributed by atoms with E-state index in [0.29, 0.717) is 11.5 Å². The predicted molar refractivity (Wildman–Crippen MR) is 120 cm³/mol. The maximum Gasteiger partial charge on any atom is 0.327 e. The highest BCUT2D eigenvalue weighted by Crippen LogP contribution is 2.40. The topological polar surface area (TPSA) is 77.1 Å². The van der Waals surface area contributed by atoms with Gasteiger partial charge in [0.2, 0.25) is 0 Å². The van der Waals surface area contributed by atoms with Crippen LogP contribution in [-0.2, 0) is 14.3 Å². The summed E-state index contributed by atoms with van der Waals surface area (Å²) in [7, 11) is 4.54. The Bertz CT molecular complexity index is 890. The van der Waals surface area contributed by atoms with Crippen LogP contribution in [0.1, 0.15) is 69.4 Å². The molecular formula is C25H34N2O5. The van der Waals surface area contributed by atoms with Gasteiger partial charge in [-0.2, -0.15) is 0 Å². The molecule has 2 unspecified atom stereocenters. The number of nitrogens with one attached hydrogen (secondary N) is 1. The van der Waals surface area contributed by atoms with Gasteiger partial charge in [-0.15, -0.1) is 0 Å². The van der Waals surface area contributed by atoms with Crippen LogP contribution >= 0.6 is 0 Å². The number of methoxy groups -OCH3 is 3. The summed E-state index contributed by atoms with van der Waals surface area (Å²) >= 11 is 0. The number of benzene rings is 1. The summed E-state index contributed by atoms with van der Waals surface area (Å²) in [6, 6.07) is 4.91. The first-order valence-electron chi connectivity index (χ1n) is 11.7. The maximum atomic E-state index is 13.5. The Hall–Kier alpha value is -2.54. The van der Waals surface area contributed by atoms with Crippen molar-refractivity contribution in [3.05, 3.63) is 34.9 Å². The van der Waals surface area contributed by atoms with Crippen molar-refractivity contribution in [1.29, 1.82) is 0 Å². The third-order valence-corrected chi connectivity index (χ3v) is 7.08. The minimum Gasteiger partial charge on any atom is -0.493 e. The van der Waals surface area contributed by atoms with Gasteiger partial charge in [0.25, 0.3) is 5.91 Å². The summed E-state index contributed by atoms with van der Waals surface area (Å²) in [5, 5.41) is 3.53. The van der Waals surface area contributed by atoms with Gasteiger partial charge in [-0.1, -0.05) is 25.3 Å². The zero-order chi connectivity index (χ0) is 22.7. The van der Waals surface area contributed by atoms with Gasteiger partial charge in [0.1, 0.15) is 12.2 Å². The highest BCUT2D eigenvalue weighted by Gasteiger charge is 2.44. The van der Waals surface area contributed by atoms with E-state index in [4.69, 9.17) is 14.2 Å². The third kappa shape index (κ3) is 4.22. The number of hydrogen-bond donors (Lipinski definition) is 1. The number of esters is 1. The second kappa shape index (κ2) is 9.94. The highest BCUT2D eigenvalue weighted by molar-refractivity contribution is 5.98. The minimum absolute atomic E-state index is 0.153. The first-order valence-corrected chi connectivity index (χ1v) is 11.7. The van der Waals surface area contributed by atoms with Crippen molar-refractivity contribution in [2.45, 2.75) is 76.0 Å². The van der Waals surface area contributed by atoms with E-state index in [9.17, 15) is 9.59 Å². The predicted octanol–water partition coefficient (Wildman–Crippen LogP) is 3.88. The van der Waals surface area contributed by atoms with E-state index in [-0.39, 0.29) is 18.1 Å². The number of hydrogen-bond acceptors (Lipinski definition) is 6. The zero-order valence-electron chi connectivity index (χ0n) is 19.3. The van der Waals surface area contributed by atoms with Gasteiger partial charge >= 0.3 is 5.97 Å². The van der Waals surface area contributed by atoms with Crippen molar-refractivity contribution in [3.8, 4) is 11.5 Å². The lowest BCUT2D eigenvalue weighted by atomic mass is 9.91. The Morgan fingerprint density at radius 1 is 1.00 bits per heavy atom. The lowest BCUT2D eigenvalue weighted by Gasteiger charge is -2.38. The molecule has 1 saturated carbocycles. The van der Waals surface area contributed by atoms with E-state index >= 15 is 0 Å². The summed E-state index contributed by atoms with van der Waals surface area (Å²) in [4.78, 5) is 28.4. The van der Waals surface area contributed by atoms with Crippen LogP contribution in [0.15, 0.2) is 29.3 Å². The Morgan fingerprint density at radius 3 is 2.41 bits per heavy atom. The van der Waals surface area contributed by atoms with Gasteiger partial charge in [-0.3, -0.25) is 10.1 Å². The molecule has 1 N–H and O–H groups in total. The Morgan fingerprint density at radius 2 is 1.72 bits per heavy atom. The summed E-state index contributed by atoms with van der Waals surface area (Å²) < 4.78 is 16.0. The second-order valence-corrected chi connectivity index (χ2v) is 8.85. The largest absolute Gasteiger partial charge is 0.493 e. The van der Waals surface area contributed by atoms with Crippen LogP contribution < -0.4 is 14.8 Å². The number of ether oxygens (including phenoxy) is 3. The van der Waals surface area contributed by atoms with Crippen molar-refractivity contribution in [2.24, 2.45) is 0 Å². The maximum absolute atomic E-state index is 13.5. The van der Waals surface area contributed by atoms with E-state index in [2.05, 4.69) is 5.32 Å². The van der Waals surface area contributed by atoms with Crippen LogP contribution in [0.2, 0.25) is 0 Å². The molecule has 32 heavy (non-hydrogen) atoms. The molecule has 0 aromatic heterocycles. The lowest BCUT2D eigenvalue weighted by molar-refractivity contribution is -0.145. The van der Waals surface area contributed by atoms with Crippen LogP contribution in [-0.4, -0.2) is 50.3 Å². The lowest BCUT2D eigenvalue weighted by Crippen LogP contribution is -2.53. The smallest absolute Gasteiger partial charge is 0.327 e. The third-order valence-electron chi connectivity index (χ3n) is 7.08. The van der Waals surface area contributed by atoms with Crippen LogP contribution in [0.3, 0.4) is 0 Å². The molecule has 1 aliphatic heterocycles. The monoisotopic (exact) mass is 442 g/mol.